The summed E-state index contributed by atoms with van der Waals surface area (Å²) in [4.78, 5) is 0. The van der Waals surface area contributed by atoms with E-state index in [0.29, 0.717) is 16.6 Å². The number of benzene rings is 2. The summed E-state index contributed by atoms with van der Waals surface area (Å²) in [6.07, 6.45) is 0. The molecular formula is C13H9BrCl2FN. The van der Waals surface area contributed by atoms with Crippen LogP contribution < -0.4 is 5.32 Å². The van der Waals surface area contributed by atoms with Gasteiger partial charge in [-0.2, -0.15) is 0 Å². The SMILES string of the molecule is Fc1ccc(CNc2ccc(Cl)cc2Br)c(Cl)c1. The number of anilines is 1. The predicted octanol–water partition coefficient (Wildman–Crippen LogP) is 5.51. The van der Waals surface area contributed by atoms with E-state index in [2.05, 4.69) is 21.2 Å². The Morgan fingerprint density at radius 3 is 2.56 bits per heavy atom. The van der Waals surface area contributed by atoms with Gasteiger partial charge >= 0.3 is 0 Å². The topological polar surface area (TPSA) is 12.0 Å². The van der Waals surface area contributed by atoms with Gasteiger partial charge in [-0.1, -0.05) is 29.3 Å². The van der Waals surface area contributed by atoms with Crippen LogP contribution in [-0.2, 0) is 6.54 Å². The number of rotatable bonds is 3. The van der Waals surface area contributed by atoms with Gasteiger partial charge in [-0.05, 0) is 51.8 Å². The number of hydrogen-bond acceptors (Lipinski definition) is 1. The monoisotopic (exact) mass is 347 g/mol. The molecule has 1 nitrogen and oxygen atoms in total. The lowest BCUT2D eigenvalue weighted by atomic mass is 10.2. The Bertz CT molecular complexity index is 523. The molecule has 94 valence electrons. The van der Waals surface area contributed by atoms with Gasteiger partial charge in [0.1, 0.15) is 5.82 Å². The second-order valence-electron chi connectivity index (χ2n) is 3.71. The van der Waals surface area contributed by atoms with Crippen LogP contribution in [0.3, 0.4) is 0 Å². The minimum absolute atomic E-state index is 0.337. The Kier molecular flexibility index (Phi) is 4.49. The van der Waals surface area contributed by atoms with Crippen LogP contribution in [0.1, 0.15) is 5.56 Å². The molecule has 2 rings (SSSR count). The third-order valence-corrected chi connectivity index (χ3v) is 3.66. The highest BCUT2D eigenvalue weighted by molar-refractivity contribution is 9.10. The first kappa shape index (κ1) is 13.7. The summed E-state index contributed by atoms with van der Waals surface area (Å²) in [6.45, 7) is 0.513. The predicted molar refractivity (Wildman–Crippen MR) is 77.9 cm³/mol. The molecule has 0 amide bonds. The zero-order valence-corrected chi connectivity index (χ0v) is 12.3. The molecular weight excluding hydrogens is 340 g/mol. The lowest BCUT2D eigenvalue weighted by Gasteiger charge is -2.10. The largest absolute Gasteiger partial charge is 0.380 e. The molecule has 18 heavy (non-hydrogen) atoms. The van der Waals surface area contributed by atoms with Gasteiger partial charge in [-0.25, -0.2) is 4.39 Å². The van der Waals surface area contributed by atoms with Crippen molar-refractivity contribution in [3.05, 3.63) is 62.3 Å². The van der Waals surface area contributed by atoms with Crippen molar-refractivity contribution in [3.63, 3.8) is 0 Å². The zero-order chi connectivity index (χ0) is 13.1. The highest BCUT2D eigenvalue weighted by atomic mass is 79.9. The fourth-order valence-corrected chi connectivity index (χ4v) is 2.55. The van der Waals surface area contributed by atoms with Crippen LogP contribution in [0.5, 0.6) is 0 Å². The first-order valence-corrected chi connectivity index (χ1v) is 6.74. The first-order chi connectivity index (χ1) is 8.56. The average Bonchev–Trinajstić information content (AvgIpc) is 2.30. The molecule has 0 aliphatic rings. The molecule has 0 aromatic heterocycles. The molecule has 0 bridgehead atoms. The highest BCUT2D eigenvalue weighted by Crippen LogP contribution is 2.27. The maximum Gasteiger partial charge on any atom is 0.124 e. The van der Waals surface area contributed by atoms with E-state index in [4.69, 9.17) is 23.2 Å². The normalized spacial score (nSPS) is 10.4. The maximum atomic E-state index is 12.9. The summed E-state index contributed by atoms with van der Waals surface area (Å²) in [6, 6.07) is 9.81. The van der Waals surface area contributed by atoms with Gasteiger partial charge in [-0.15, -0.1) is 0 Å². The Morgan fingerprint density at radius 1 is 1.11 bits per heavy atom. The van der Waals surface area contributed by atoms with E-state index in [0.717, 1.165) is 15.7 Å². The van der Waals surface area contributed by atoms with E-state index in [1.807, 2.05) is 6.07 Å². The number of hydrogen-bond donors (Lipinski definition) is 1. The van der Waals surface area contributed by atoms with Gasteiger partial charge in [0.15, 0.2) is 0 Å². The van der Waals surface area contributed by atoms with E-state index in [1.54, 1.807) is 18.2 Å². The molecule has 2 aromatic rings. The smallest absolute Gasteiger partial charge is 0.124 e. The third kappa shape index (κ3) is 3.37. The molecule has 0 radical (unpaired) electrons. The zero-order valence-electron chi connectivity index (χ0n) is 9.18. The first-order valence-electron chi connectivity index (χ1n) is 5.19. The van der Waals surface area contributed by atoms with Crippen molar-refractivity contribution >= 4 is 44.8 Å². The fraction of sp³-hybridized carbons (Fsp3) is 0.0769. The lowest BCUT2D eigenvalue weighted by molar-refractivity contribution is 0.627. The highest BCUT2D eigenvalue weighted by Gasteiger charge is 2.04. The number of halogens is 4. The molecule has 0 atom stereocenters. The Balaban J connectivity index is 2.11. The van der Waals surface area contributed by atoms with Crippen molar-refractivity contribution in [3.8, 4) is 0 Å². The Morgan fingerprint density at radius 2 is 1.89 bits per heavy atom. The van der Waals surface area contributed by atoms with Crippen LogP contribution >= 0.6 is 39.1 Å². The molecule has 0 heterocycles. The third-order valence-electron chi connectivity index (χ3n) is 2.42. The molecule has 1 N–H and O–H groups in total. The van der Waals surface area contributed by atoms with Gasteiger partial charge in [0.2, 0.25) is 0 Å². The van der Waals surface area contributed by atoms with Crippen LogP contribution in [0.15, 0.2) is 40.9 Å². The van der Waals surface area contributed by atoms with Gasteiger partial charge in [-0.3, -0.25) is 0 Å². The van der Waals surface area contributed by atoms with Crippen molar-refractivity contribution in [2.45, 2.75) is 6.54 Å². The van der Waals surface area contributed by atoms with Crippen molar-refractivity contribution in [1.29, 1.82) is 0 Å². The maximum absolute atomic E-state index is 12.9. The summed E-state index contributed by atoms with van der Waals surface area (Å²) < 4.78 is 13.8. The summed E-state index contributed by atoms with van der Waals surface area (Å²) >= 11 is 15.2. The minimum atomic E-state index is -0.337. The van der Waals surface area contributed by atoms with Crippen LogP contribution in [0.2, 0.25) is 10.0 Å². The van der Waals surface area contributed by atoms with Crippen molar-refractivity contribution in [2.24, 2.45) is 0 Å². The van der Waals surface area contributed by atoms with Gasteiger partial charge < -0.3 is 5.32 Å². The van der Waals surface area contributed by atoms with E-state index in [-0.39, 0.29) is 5.82 Å². The fourth-order valence-electron chi connectivity index (χ4n) is 1.49. The van der Waals surface area contributed by atoms with E-state index >= 15 is 0 Å². The molecule has 0 saturated carbocycles. The van der Waals surface area contributed by atoms with Crippen molar-refractivity contribution in [1.82, 2.24) is 0 Å². The molecule has 0 aliphatic carbocycles. The summed E-state index contributed by atoms with van der Waals surface area (Å²) in [5.41, 5.74) is 1.74. The van der Waals surface area contributed by atoms with Crippen LogP contribution in [0, 0.1) is 5.82 Å². The van der Waals surface area contributed by atoms with E-state index < -0.39 is 0 Å². The number of nitrogens with one attached hydrogen (secondary N) is 1. The van der Waals surface area contributed by atoms with Crippen LogP contribution in [0.4, 0.5) is 10.1 Å². The van der Waals surface area contributed by atoms with Gasteiger partial charge in [0.25, 0.3) is 0 Å². The molecule has 0 unspecified atom stereocenters. The lowest BCUT2D eigenvalue weighted by Crippen LogP contribution is -2.00. The Labute approximate surface area is 123 Å². The Hall–Kier alpha value is -0.770. The quantitative estimate of drug-likeness (QED) is 0.771. The van der Waals surface area contributed by atoms with Crippen molar-refractivity contribution < 1.29 is 4.39 Å². The van der Waals surface area contributed by atoms with Gasteiger partial charge in [0, 0.05) is 26.8 Å². The molecule has 0 spiro atoms. The van der Waals surface area contributed by atoms with Crippen LogP contribution in [-0.4, -0.2) is 0 Å². The standard InChI is InChI=1S/C13H9BrCl2FN/c14-11-5-9(15)2-4-13(11)18-7-8-1-3-10(17)6-12(8)16/h1-6,18H,7H2. The second-order valence-corrected chi connectivity index (χ2v) is 5.41. The van der Waals surface area contributed by atoms with E-state index in [9.17, 15) is 4.39 Å². The average molecular weight is 349 g/mol. The summed E-state index contributed by atoms with van der Waals surface area (Å²) in [5.74, 6) is -0.337. The second kappa shape index (κ2) is 5.91. The molecule has 0 aliphatic heterocycles. The van der Waals surface area contributed by atoms with E-state index in [1.165, 1.54) is 12.1 Å². The van der Waals surface area contributed by atoms with Crippen LogP contribution in [0.25, 0.3) is 0 Å². The molecule has 5 heteroatoms. The summed E-state index contributed by atoms with van der Waals surface area (Å²) in [5, 5.41) is 4.27. The molecule has 0 fully saturated rings. The van der Waals surface area contributed by atoms with Crippen molar-refractivity contribution in [2.75, 3.05) is 5.32 Å². The minimum Gasteiger partial charge on any atom is -0.380 e. The summed E-state index contributed by atoms with van der Waals surface area (Å²) in [7, 11) is 0. The molecule has 2 aromatic carbocycles. The molecule has 0 saturated heterocycles. The van der Waals surface area contributed by atoms with Gasteiger partial charge in [0.05, 0.1) is 0 Å².